The van der Waals surface area contributed by atoms with Crippen LogP contribution in [0.3, 0.4) is 0 Å². The number of rotatable bonds is 4. The standard InChI is InChI=1S/C28H32O4S/c1-17(29)32-25-12-11-22-26-21(13-14-27(22,25)2)20-10-9-18(31-3)15-23(20)28(16-24(26)28)33(30)19-7-5-4-6-8-19/h4-10,15,21-22,24-26H,11-14,16H2,1-3H3/t21-,22+,24+,25+,26-,27+,28+,33?/m1/s1. The minimum Gasteiger partial charge on any atom is -0.497 e. The summed E-state index contributed by atoms with van der Waals surface area (Å²) in [7, 11) is 0.578. The summed E-state index contributed by atoms with van der Waals surface area (Å²) in [5.74, 6) is 2.53. The largest absolute Gasteiger partial charge is 0.497 e. The van der Waals surface area contributed by atoms with Crippen LogP contribution in [0.2, 0.25) is 0 Å². The van der Waals surface area contributed by atoms with Gasteiger partial charge in [-0.25, -0.2) is 0 Å². The number of ether oxygens (including phenoxy) is 2. The van der Waals surface area contributed by atoms with Gasteiger partial charge in [-0.05, 0) is 91.2 Å². The lowest BCUT2D eigenvalue weighted by Gasteiger charge is -2.51. The molecule has 0 aliphatic heterocycles. The first-order valence-electron chi connectivity index (χ1n) is 12.2. The first-order chi connectivity index (χ1) is 15.9. The van der Waals surface area contributed by atoms with E-state index in [9.17, 15) is 9.00 Å². The van der Waals surface area contributed by atoms with E-state index in [0.29, 0.717) is 23.7 Å². The highest BCUT2D eigenvalue weighted by Crippen LogP contribution is 2.74. The van der Waals surface area contributed by atoms with Crippen molar-refractivity contribution in [2.24, 2.45) is 23.2 Å². The van der Waals surface area contributed by atoms with Crippen molar-refractivity contribution in [3.63, 3.8) is 0 Å². The molecule has 5 heteroatoms. The predicted octanol–water partition coefficient (Wildman–Crippen LogP) is 5.57. The first kappa shape index (κ1) is 21.4. The van der Waals surface area contributed by atoms with E-state index in [2.05, 4.69) is 25.1 Å². The second-order valence-electron chi connectivity index (χ2n) is 10.7. The Morgan fingerprint density at radius 1 is 1.06 bits per heavy atom. The number of fused-ring (bicyclic) bond motifs is 8. The lowest BCUT2D eigenvalue weighted by molar-refractivity contribution is -0.155. The third kappa shape index (κ3) is 2.94. The van der Waals surface area contributed by atoms with Crippen molar-refractivity contribution in [2.75, 3.05) is 7.11 Å². The summed E-state index contributed by atoms with van der Waals surface area (Å²) in [6.45, 7) is 3.87. The SMILES string of the molecule is COc1ccc2c(c1)[C@@]1(S(=O)c3ccccc3)C[C@H]1[C@@H]1[C@@H]2CC[C@]2(C)[C@@H](OC(C)=O)CC[C@@H]12. The molecule has 4 aliphatic rings. The number of carbonyl (C=O) groups excluding carboxylic acids is 1. The molecule has 0 amide bonds. The molecule has 0 N–H and O–H groups in total. The highest BCUT2D eigenvalue weighted by atomic mass is 32.2. The topological polar surface area (TPSA) is 52.6 Å². The van der Waals surface area contributed by atoms with Crippen LogP contribution in [0.1, 0.15) is 63.0 Å². The number of hydrogen-bond acceptors (Lipinski definition) is 4. The van der Waals surface area contributed by atoms with Crippen LogP contribution >= 0.6 is 0 Å². The summed E-state index contributed by atoms with van der Waals surface area (Å²) < 4.78 is 25.3. The molecule has 4 nitrogen and oxygen atoms in total. The van der Waals surface area contributed by atoms with Crippen LogP contribution in [-0.4, -0.2) is 23.4 Å². The molecule has 4 aliphatic carbocycles. The Hall–Kier alpha value is -2.14. The molecule has 0 aromatic heterocycles. The van der Waals surface area contributed by atoms with Crippen molar-refractivity contribution in [3.8, 4) is 5.75 Å². The van der Waals surface area contributed by atoms with Gasteiger partial charge in [-0.3, -0.25) is 9.00 Å². The van der Waals surface area contributed by atoms with Crippen molar-refractivity contribution < 1.29 is 18.5 Å². The van der Waals surface area contributed by atoms with Gasteiger partial charge in [-0.2, -0.15) is 0 Å². The highest BCUT2D eigenvalue weighted by molar-refractivity contribution is 7.86. The Kier molecular flexibility index (Phi) is 4.82. The molecule has 0 heterocycles. The highest BCUT2D eigenvalue weighted by Gasteiger charge is 2.71. The fourth-order valence-corrected chi connectivity index (χ4v) is 9.87. The lowest BCUT2D eigenvalue weighted by Crippen LogP contribution is -2.47. The van der Waals surface area contributed by atoms with Crippen molar-refractivity contribution in [3.05, 3.63) is 59.7 Å². The maximum Gasteiger partial charge on any atom is 0.302 e. The zero-order valence-electron chi connectivity index (χ0n) is 19.6. The van der Waals surface area contributed by atoms with Gasteiger partial charge in [0.1, 0.15) is 11.9 Å². The van der Waals surface area contributed by atoms with Gasteiger partial charge in [0.2, 0.25) is 0 Å². The van der Waals surface area contributed by atoms with E-state index in [1.807, 2.05) is 30.3 Å². The average Bonchev–Trinajstić information content (AvgIpc) is 3.51. The number of hydrogen-bond donors (Lipinski definition) is 0. The van der Waals surface area contributed by atoms with Crippen molar-refractivity contribution in [1.29, 1.82) is 0 Å². The molecule has 3 saturated carbocycles. The minimum atomic E-state index is -1.13. The third-order valence-corrected chi connectivity index (χ3v) is 11.4. The van der Waals surface area contributed by atoms with E-state index in [4.69, 9.17) is 9.47 Å². The lowest BCUT2D eigenvalue weighted by atomic mass is 9.55. The molecule has 0 radical (unpaired) electrons. The Labute approximate surface area is 198 Å². The minimum absolute atomic E-state index is 0.00554. The number of esters is 1. The summed E-state index contributed by atoms with van der Waals surface area (Å²) >= 11 is 0. The molecule has 2 aromatic rings. The van der Waals surface area contributed by atoms with E-state index in [0.717, 1.165) is 42.7 Å². The summed E-state index contributed by atoms with van der Waals surface area (Å²) in [5, 5.41) is 0. The van der Waals surface area contributed by atoms with Gasteiger partial charge in [0.15, 0.2) is 0 Å². The maximum absolute atomic E-state index is 14.2. The average molecular weight is 465 g/mol. The van der Waals surface area contributed by atoms with Crippen LogP contribution in [0.15, 0.2) is 53.4 Å². The molecule has 0 spiro atoms. The Bertz CT molecular complexity index is 1130. The summed E-state index contributed by atoms with van der Waals surface area (Å²) in [6.07, 6.45) is 5.17. The zero-order chi connectivity index (χ0) is 23.0. The molecular formula is C28H32O4S. The van der Waals surface area contributed by atoms with Gasteiger partial charge in [0.05, 0.1) is 22.7 Å². The second kappa shape index (κ2) is 7.43. The molecule has 6 rings (SSSR count). The number of methoxy groups -OCH3 is 1. The zero-order valence-corrected chi connectivity index (χ0v) is 20.4. The number of carbonyl (C=O) groups is 1. The van der Waals surface area contributed by atoms with E-state index in [1.165, 1.54) is 18.1 Å². The molecule has 3 fully saturated rings. The van der Waals surface area contributed by atoms with Crippen LogP contribution in [0.4, 0.5) is 0 Å². The molecule has 1 unspecified atom stereocenters. The van der Waals surface area contributed by atoms with Gasteiger partial charge in [-0.15, -0.1) is 0 Å². The quantitative estimate of drug-likeness (QED) is 0.555. The second-order valence-corrected chi connectivity index (χ2v) is 12.5. The Morgan fingerprint density at radius 3 is 2.58 bits per heavy atom. The van der Waals surface area contributed by atoms with Gasteiger partial charge in [0.25, 0.3) is 0 Å². The van der Waals surface area contributed by atoms with Crippen molar-refractivity contribution in [2.45, 2.75) is 67.6 Å². The van der Waals surface area contributed by atoms with Gasteiger partial charge < -0.3 is 9.47 Å². The van der Waals surface area contributed by atoms with Crippen molar-refractivity contribution >= 4 is 16.8 Å². The van der Waals surface area contributed by atoms with Gasteiger partial charge >= 0.3 is 5.97 Å². The molecule has 0 bridgehead atoms. The maximum atomic E-state index is 14.2. The van der Waals surface area contributed by atoms with E-state index >= 15 is 0 Å². The summed E-state index contributed by atoms with van der Waals surface area (Å²) in [4.78, 5) is 12.7. The smallest absolute Gasteiger partial charge is 0.302 e. The summed E-state index contributed by atoms with van der Waals surface area (Å²) in [6, 6.07) is 16.4. The molecule has 2 aromatic carbocycles. The van der Waals surface area contributed by atoms with Crippen LogP contribution in [0, 0.1) is 23.2 Å². The van der Waals surface area contributed by atoms with E-state index < -0.39 is 10.8 Å². The monoisotopic (exact) mass is 464 g/mol. The molecule has 33 heavy (non-hydrogen) atoms. The van der Waals surface area contributed by atoms with E-state index in [1.54, 1.807) is 7.11 Å². The number of benzene rings is 2. The fraction of sp³-hybridized carbons (Fsp3) is 0.536. The Morgan fingerprint density at radius 2 is 1.85 bits per heavy atom. The van der Waals surface area contributed by atoms with Crippen LogP contribution in [0.5, 0.6) is 5.75 Å². The molecule has 174 valence electrons. The fourth-order valence-electron chi connectivity index (χ4n) is 7.91. The van der Waals surface area contributed by atoms with E-state index in [-0.39, 0.29) is 22.2 Å². The predicted molar refractivity (Wildman–Crippen MR) is 127 cm³/mol. The normalized spacial score (nSPS) is 38.8. The van der Waals surface area contributed by atoms with Crippen LogP contribution < -0.4 is 4.74 Å². The molecule has 0 saturated heterocycles. The van der Waals surface area contributed by atoms with Crippen molar-refractivity contribution in [1.82, 2.24) is 0 Å². The van der Waals surface area contributed by atoms with Crippen LogP contribution in [0.25, 0.3) is 0 Å². The van der Waals surface area contributed by atoms with Crippen LogP contribution in [-0.2, 0) is 25.1 Å². The Balaban J connectivity index is 1.46. The molecular weight excluding hydrogens is 432 g/mol. The molecule has 8 atom stereocenters. The first-order valence-corrected chi connectivity index (χ1v) is 13.4. The summed E-state index contributed by atoms with van der Waals surface area (Å²) in [5.41, 5.74) is 2.63. The van der Waals surface area contributed by atoms with Gasteiger partial charge in [0, 0.05) is 17.2 Å². The van der Waals surface area contributed by atoms with Gasteiger partial charge in [-0.1, -0.05) is 31.2 Å². The third-order valence-electron chi connectivity index (χ3n) is 9.38.